The van der Waals surface area contributed by atoms with Crippen LogP contribution in [0.2, 0.25) is 0 Å². The lowest BCUT2D eigenvalue weighted by atomic mass is 10.0. The van der Waals surface area contributed by atoms with Crippen LogP contribution < -0.4 is 5.32 Å². The van der Waals surface area contributed by atoms with E-state index >= 15 is 0 Å². The van der Waals surface area contributed by atoms with Crippen molar-refractivity contribution < 1.29 is 0 Å². The molecule has 94 valence electrons. The van der Waals surface area contributed by atoms with E-state index < -0.39 is 0 Å². The van der Waals surface area contributed by atoms with E-state index in [-0.39, 0.29) is 0 Å². The summed E-state index contributed by atoms with van der Waals surface area (Å²) in [6, 6.07) is 0.816. The number of hydrogen-bond donors (Lipinski definition) is 1. The summed E-state index contributed by atoms with van der Waals surface area (Å²) in [6.45, 7) is 0.950. The summed E-state index contributed by atoms with van der Waals surface area (Å²) in [7, 11) is 0. The lowest BCUT2D eigenvalue weighted by Gasteiger charge is -2.09. The molecule has 0 radical (unpaired) electrons. The van der Waals surface area contributed by atoms with Gasteiger partial charge in [0.25, 0.3) is 0 Å². The van der Waals surface area contributed by atoms with E-state index in [1.807, 2.05) is 0 Å². The average molecular weight is 259 g/mol. The third kappa shape index (κ3) is 1.25. The average Bonchev–Trinajstić information content (AvgIpc) is 2.85. The summed E-state index contributed by atoms with van der Waals surface area (Å²) in [6.07, 6.45) is 8.79. The zero-order valence-corrected chi connectivity index (χ0v) is 11.1. The fraction of sp³-hybridized carbons (Fsp3) is 0.643. The summed E-state index contributed by atoms with van der Waals surface area (Å²) in [5.74, 6) is 4.16. The fourth-order valence-corrected chi connectivity index (χ4v) is 5.40. The van der Waals surface area contributed by atoms with Crippen LogP contribution in [-0.2, 0) is 6.54 Å². The van der Waals surface area contributed by atoms with Crippen molar-refractivity contribution >= 4 is 16.3 Å². The maximum atomic E-state index is 4.64. The molecule has 3 fully saturated rings. The first-order valence-electron chi connectivity index (χ1n) is 7.04. The molecular weight excluding hydrogens is 242 g/mol. The van der Waals surface area contributed by atoms with Crippen molar-refractivity contribution in [3.63, 3.8) is 0 Å². The Labute approximate surface area is 110 Å². The molecule has 0 amide bonds. The van der Waals surface area contributed by atoms with Crippen LogP contribution in [0.5, 0.6) is 0 Å². The van der Waals surface area contributed by atoms with E-state index in [1.165, 1.54) is 25.0 Å². The van der Waals surface area contributed by atoms with Crippen molar-refractivity contribution in [3.8, 4) is 0 Å². The van der Waals surface area contributed by atoms with Gasteiger partial charge in [0.2, 0.25) is 0 Å². The van der Waals surface area contributed by atoms with E-state index in [2.05, 4.69) is 32.5 Å². The van der Waals surface area contributed by atoms with Crippen LogP contribution in [0, 0.1) is 23.7 Å². The smallest absolute Gasteiger partial charge is 0.193 e. The summed E-state index contributed by atoms with van der Waals surface area (Å²) in [4.78, 5) is 5.75. The molecule has 0 saturated heterocycles. The lowest BCUT2D eigenvalue weighted by Crippen LogP contribution is -2.22. The topological polar surface area (TPSA) is 29.3 Å². The van der Waals surface area contributed by atoms with E-state index in [0.29, 0.717) is 0 Å². The Morgan fingerprint density at radius 1 is 1.33 bits per heavy atom. The normalized spacial score (nSPS) is 40.6. The van der Waals surface area contributed by atoms with Crippen molar-refractivity contribution in [2.45, 2.75) is 31.8 Å². The Morgan fingerprint density at radius 2 is 2.17 bits per heavy atom. The third-order valence-electron chi connectivity index (χ3n) is 5.40. The van der Waals surface area contributed by atoms with Gasteiger partial charge in [0.15, 0.2) is 4.96 Å². The Balaban J connectivity index is 1.28. The molecular formula is C14H17N3S. The maximum Gasteiger partial charge on any atom is 0.193 e. The second kappa shape index (κ2) is 3.36. The number of nitrogens with one attached hydrogen (secondary N) is 1. The zero-order valence-electron chi connectivity index (χ0n) is 10.2. The van der Waals surface area contributed by atoms with Gasteiger partial charge in [-0.25, -0.2) is 4.98 Å². The van der Waals surface area contributed by atoms with Gasteiger partial charge in [0.05, 0.1) is 5.69 Å². The van der Waals surface area contributed by atoms with Gasteiger partial charge in [0.1, 0.15) is 0 Å². The van der Waals surface area contributed by atoms with E-state index in [0.717, 1.165) is 41.2 Å². The quantitative estimate of drug-likeness (QED) is 0.918. The molecule has 2 aromatic rings. The highest BCUT2D eigenvalue weighted by Gasteiger charge is 2.64. The second-order valence-corrected chi connectivity index (χ2v) is 7.09. The molecule has 4 unspecified atom stereocenters. The van der Waals surface area contributed by atoms with Crippen LogP contribution in [0.1, 0.15) is 25.0 Å². The molecule has 3 aliphatic rings. The van der Waals surface area contributed by atoms with Crippen molar-refractivity contribution in [1.29, 1.82) is 0 Å². The summed E-state index contributed by atoms with van der Waals surface area (Å²) >= 11 is 1.71. The highest BCUT2D eigenvalue weighted by atomic mass is 32.1. The van der Waals surface area contributed by atoms with Gasteiger partial charge >= 0.3 is 0 Å². The lowest BCUT2D eigenvalue weighted by molar-refractivity contribution is 0.456. The molecule has 0 aromatic carbocycles. The van der Waals surface area contributed by atoms with Crippen LogP contribution in [0.4, 0.5) is 0 Å². The molecule has 3 saturated carbocycles. The first-order chi connectivity index (χ1) is 8.90. The highest BCUT2D eigenvalue weighted by molar-refractivity contribution is 7.15. The van der Waals surface area contributed by atoms with Crippen LogP contribution >= 0.6 is 11.3 Å². The standard InChI is InChI=1S/C14H17N3S/c1-2-9-5-8(1)11-12(9)13(11)15-6-10-7-17-3-4-18-14(17)16-10/h3-4,7-9,11-13,15H,1-2,5-6H2. The number of aromatic nitrogens is 2. The van der Waals surface area contributed by atoms with E-state index in [9.17, 15) is 0 Å². The van der Waals surface area contributed by atoms with Crippen LogP contribution in [0.25, 0.3) is 4.96 Å². The number of nitrogens with zero attached hydrogens (tertiary/aromatic N) is 2. The molecule has 2 bridgehead atoms. The first-order valence-corrected chi connectivity index (χ1v) is 7.92. The maximum absolute atomic E-state index is 4.64. The fourth-order valence-electron chi connectivity index (χ4n) is 4.68. The van der Waals surface area contributed by atoms with Gasteiger partial charge in [-0.15, -0.1) is 11.3 Å². The van der Waals surface area contributed by atoms with Gasteiger partial charge in [0, 0.05) is 30.4 Å². The number of imidazole rings is 1. The van der Waals surface area contributed by atoms with E-state index in [4.69, 9.17) is 0 Å². The zero-order chi connectivity index (χ0) is 11.7. The van der Waals surface area contributed by atoms with Crippen LogP contribution in [0.15, 0.2) is 17.8 Å². The number of hydrogen-bond acceptors (Lipinski definition) is 3. The molecule has 5 rings (SSSR count). The molecule has 3 nitrogen and oxygen atoms in total. The van der Waals surface area contributed by atoms with Crippen LogP contribution in [-0.4, -0.2) is 15.4 Å². The minimum Gasteiger partial charge on any atom is -0.308 e. The van der Waals surface area contributed by atoms with Gasteiger partial charge in [-0.1, -0.05) is 0 Å². The SMILES string of the molecule is c1cn2cc(CNC3C4C5CCC(C5)C34)nc2s1. The molecule has 0 aliphatic heterocycles. The minimum atomic E-state index is 0.816. The predicted octanol–water partition coefficient (Wildman–Crippen LogP) is 2.53. The van der Waals surface area contributed by atoms with Gasteiger partial charge in [-0.3, -0.25) is 4.40 Å². The van der Waals surface area contributed by atoms with Crippen molar-refractivity contribution in [3.05, 3.63) is 23.5 Å². The number of fused-ring (bicyclic) bond motifs is 6. The third-order valence-corrected chi connectivity index (χ3v) is 6.17. The molecule has 2 heterocycles. The predicted molar refractivity (Wildman–Crippen MR) is 71.5 cm³/mol. The number of thiazole rings is 1. The summed E-state index contributed by atoms with van der Waals surface area (Å²) in [5, 5.41) is 5.84. The number of rotatable bonds is 3. The molecule has 4 heteroatoms. The van der Waals surface area contributed by atoms with Crippen molar-refractivity contribution in [2.75, 3.05) is 0 Å². The molecule has 2 aromatic heterocycles. The molecule has 3 aliphatic carbocycles. The monoisotopic (exact) mass is 259 g/mol. The largest absolute Gasteiger partial charge is 0.308 e. The van der Waals surface area contributed by atoms with E-state index in [1.54, 1.807) is 11.3 Å². The van der Waals surface area contributed by atoms with Crippen molar-refractivity contribution in [1.82, 2.24) is 14.7 Å². The van der Waals surface area contributed by atoms with Gasteiger partial charge < -0.3 is 5.32 Å². The Hall–Kier alpha value is -0.870. The van der Waals surface area contributed by atoms with Crippen molar-refractivity contribution in [2.24, 2.45) is 23.7 Å². The molecule has 4 atom stereocenters. The summed E-state index contributed by atoms with van der Waals surface area (Å²) in [5.41, 5.74) is 1.19. The summed E-state index contributed by atoms with van der Waals surface area (Å²) < 4.78 is 2.12. The minimum absolute atomic E-state index is 0.816. The highest BCUT2D eigenvalue weighted by Crippen LogP contribution is 2.65. The van der Waals surface area contributed by atoms with Gasteiger partial charge in [-0.05, 0) is 42.9 Å². The van der Waals surface area contributed by atoms with Crippen LogP contribution in [0.3, 0.4) is 0 Å². The Morgan fingerprint density at radius 3 is 2.94 bits per heavy atom. The molecule has 0 spiro atoms. The molecule has 1 N–H and O–H groups in total. The Bertz CT molecular complexity index is 556. The second-order valence-electron chi connectivity index (χ2n) is 6.22. The molecule has 18 heavy (non-hydrogen) atoms. The van der Waals surface area contributed by atoms with Gasteiger partial charge in [-0.2, -0.15) is 0 Å². The Kier molecular flexibility index (Phi) is 1.87. The first kappa shape index (κ1) is 9.98.